The minimum atomic E-state index is -0.369. The van der Waals surface area contributed by atoms with E-state index < -0.39 is 0 Å². The molecule has 0 unspecified atom stereocenters. The number of anilines is 2. The molecule has 0 spiro atoms. The number of hydrogen-bond donors (Lipinski definition) is 3. The van der Waals surface area contributed by atoms with Crippen molar-refractivity contribution in [3.05, 3.63) is 16.2 Å². The zero-order chi connectivity index (χ0) is 9.30. The van der Waals surface area contributed by atoms with Gasteiger partial charge in [0.15, 0.2) is 5.82 Å². The summed E-state index contributed by atoms with van der Waals surface area (Å²) in [7, 11) is 0. The Labute approximate surface area is 69.8 Å². The van der Waals surface area contributed by atoms with Gasteiger partial charge in [-0.05, 0) is 0 Å². The molecule has 0 aliphatic rings. The van der Waals surface area contributed by atoms with Crippen LogP contribution in [0.15, 0.2) is 4.79 Å². The van der Waals surface area contributed by atoms with E-state index >= 15 is 0 Å². The summed E-state index contributed by atoms with van der Waals surface area (Å²) in [6, 6.07) is 0. The highest BCUT2D eigenvalue weighted by Gasteiger charge is 2.07. The molecule has 66 valence electrons. The Morgan fingerprint density at radius 3 is 2.42 bits per heavy atom. The van der Waals surface area contributed by atoms with Crippen LogP contribution in [0.1, 0.15) is 25.6 Å². The van der Waals surface area contributed by atoms with Gasteiger partial charge in [0.1, 0.15) is 11.5 Å². The van der Waals surface area contributed by atoms with Crippen LogP contribution in [0, 0.1) is 0 Å². The first kappa shape index (κ1) is 8.58. The minimum Gasteiger partial charge on any atom is -0.391 e. The number of rotatable bonds is 1. The van der Waals surface area contributed by atoms with Crippen LogP contribution >= 0.6 is 0 Å². The molecule has 0 atom stereocenters. The molecule has 1 heterocycles. The van der Waals surface area contributed by atoms with Crippen LogP contribution in [0.2, 0.25) is 0 Å². The van der Waals surface area contributed by atoms with Crippen LogP contribution in [0.4, 0.5) is 11.5 Å². The highest BCUT2D eigenvalue weighted by molar-refractivity contribution is 5.55. The SMILES string of the molecule is CC(C)c1nc(N)c(N)c(=O)[nH]1. The van der Waals surface area contributed by atoms with Gasteiger partial charge in [-0.1, -0.05) is 13.8 Å². The normalized spacial score (nSPS) is 10.6. The van der Waals surface area contributed by atoms with E-state index in [2.05, 4.69) is 9.97 Å². The van der Waals surface area contributed by atoms with Gasteiger partial charge in [0.25, 0.3) is 5.56 Å². The Morgan fingerprint density at radius 2 is 2.00 bits per heavy atom. The summed E-state index contributed by atoms with van der Waals surface area (Å²) in [4.78, 5) is 17.5. The maximum Gasteiger partial charge on any atom is 0.276 e. The van der Waals surface area contributed by atoms with Crippen LogP contribution < -0.4 is 17.0 Å². The fraction of sp³-hybridized carbons (Fsp3) is 0.429. The van der Waals surface area contributed by atoms with Crippen molar-refractivity contribution in [2.75, 3.05) is 11.5 Å². The van der Waals surface area contributed by atoms with Crippen molar-refractivity contribution in [1.29, 1.82) is 0 Å². The highest BCUT2D eigenvalue weighted by atomic mass is 16.1. The van der Waals surface area contributed by atoms with Gasteiger partial charge < -0.3 is 16.5 Å². The molecule has 0 aliphatic heterocycles. The fourth-order valence-corrected chi connectivity index (χ4v) is 0.791. The molecular weight excluding hydrogens is 156 g/mol. The third-order valence-electron chi connectivity index (χ3n) is 1.55. The number of hydrogen-bond acceptors (Lipinski definition) is 4. The summed E-state index contributed by atoms with van der Waals surface area (Å²) in [5.41, 5.74) is 10.3. The van der Waals surface area contributed by atoms with Crippen molar-refractivity contribution < 1.29 is 0 Å². The number of nitrogens with zero attached hydrogens (tertiary/aromatic N) is 1. The molecule has 0 bridgehead atoms. The van der Waals surface area contributed by atoms with E-state index in [9.17, 15) is 4.79 Å². The van der Waals surface area contributed by atoms with Gasteiger partial charge in [-0.25, -0.2) is 4.98 Å². The number of nitrogens with one attached hydrogen (secondary N) is 1. The van der Waals surface area contributed by atoms with Gasteiger partial charge in [0.05, 0.1) is 0 Å². The first-order chi connectivity index (χ1) is 5.52. The Kier molecular flexibility index (Phi) is 2.03. The lowest BCUT2D eigenvalue weighted by Crippen LogP contribution is -2.19. The molecule has 0 saturated heterocycles. The summed E-state index contributed by atoms with van der Waals surface area (Å²) in [6.45, 7) is 3.82. The first-order valence-corrected chi connectivity index (χ1v) is 3.67. The number of aromatic nitrogens is 2. The van der Waals surface area contributed by atoms with Crippen molar-refractivity contribution in [1.82, 2.24) is 9.97 Å². The quantitative estimate of drug-likeness (QED) is 0.552. The molecular formula is C7H12N4O. The maximum absolute atomic E-state index is 11.1. The lowest BCUT2D eigenvalue weighted by molar-refractivity contribution is 0.771. The van der Waals surface area contributed by atoms with Crippen LogP contribution in [0.3, 0.4) is 0 Å². The van der Waals surface area contributed by atoms with E-state index in [1.54, 1.807) is 0 Å². The number of nitrogens with two attached hydrogens (primary N) is 2. The molecule has 0 aliphatic carbocycles. The molecule has 1 aromatic heterocycles. The molecule has 1 aromatic rings. The van der Waals surface area contributed by atoms with Crippen molar-refractivity contribution in [2.45, 2.75) is 19.8 Å². The Morgan fingerprint density at radius 1 is 1.42 bits per heavy atom. The second kappa shape index (κ2) is 2.84. The predicted molar refractivity (Wildman–Crippen MR) is 47.8 cm³/mol. The summed E-state index contributed by atoms with van der Waals surface area (Å²) in [5, 5.41) is 0. The minimum absolute atomic E-state index is 0.0144. The average Bonchev–Trinajstić information content (AvgIpc) is 1.99. The van der Waals surface area contributed by atoms with Gasteiger partial charge in [-0.15, -0.1) is 0 Å². The van der Waals surface area contributed by atoms with E-state index in [-0.39, 0.29) is 23.0 Å². The van der Waals surface area contributed by atoms with Gasteiger partial charge in [-0.2, -0.15) is 0 Å². The van der Waals surface area contributed by atoms with E-state index in [4.69, 9.17) is 11.5 Å². The Hall–Kier alpha value is -1.52. The summed E-state index contributed by atoms with van der Waals surface area (Å²) in [5.74, 6) is 0.801. The van der Waals surface area contributed by atoms with Gasteiger partial charge in [0, 0.05) is 5.92 Å². The molecule has 0 saturated carbocycles. The van der Waals surface area contributed by atoms with Crippen LogP contribution in [-0.2, 0) is 0 Å². The van der Waals surface area contributed by atoms with Gasteiger partial charge in [0.2, 0.25) is 0 Å². The summed E-state index contributed by atoms with van der Waals surface area (Å²) in [6.07, 6.45) is 0. The summed E-state index contributed by atoms with van der Waals surface area (Å²) < 4.78 is 0. The molecule has 5 N–H and O–H groups in total. The topological polar surface area (TPSA) is 97.8 Å². The smallest absolute Gasteiger partial charge is 0.276 e. The predicted octanol–water partition coefficient (Wildman–Crippen LogP) is 0.0577. The second-order valence-electron chi connectivity index (χ2n) is 2.90. The number of nitrogen functional groups attached to an aromatic ring is 2. The van der Waals surface area contributed by atoms with Gasteiger partial charge in [-0.3, -0.25) is 4.79 Å². The first-order valence-electron chi connectivity index (χ1n) is 3.67. The third-order valence-corrected chi connectivity index (χ3v) is 1.55. The highest BCUT2D eigenvalue weighted by Crippen LogP contribution is 2.10. The molecule has 5 heteroatoms. The largest absolute Gasteiger partial charge is 0.391 e. The standard InChI is InChI=1S/C7H12N4O/c1-3(2)6-10-5(9)4(8)7(12)11-6/h3H,8H2,1-2H3,(H3,9,10,11,12). The van der Waals surface area contributed by atoms with Crippen LogP contribution in [0.5, 0.6) is 0 Å². The monoisotopic (exact) mass is 168 g/mol. The maximum atomic E-state index is 11.1. The molecule has 1 rings (SSSR count). The zero-order valence-corrected chi connectivity index (χ0v) is 7.09. The molecule has 12 heavy (non-hydrogen) atoms. The molecule has 0 aromatic carbocycles. The average molecular weight is 168 g/mol. The lowest BCUT2D eigenvalue weighted by Gasteiger charge is -2.05. The Bertz CT molecular complexity index is 342. The fourth-order valence-electron chi connectivity index (χ4n) is 0.791. The van der Waals surface area contributed by atoms with Crippen molar-refractivity contribution in [3.63, 3.8) is 0 Å². The summed E-state index contributed by atoms with van der Waals surface area (Å²) >= 11 is 0. The molecule has 5 nitrogen and oxygen atoms in total. The van der Waals surface area contributed by atoms with Crippen molar-refractivity contribution >= 4 is 11.5 Å². The molecule has 0 amide bonds. The lowest BCUT2D eigenvalue weighted by atomic mass is 10.2. The molecule has 0 fully saturated rings. The van der Waals surface area contributed by atoms with Gasteiger partial charge >= 0.3 is 0 Å². The van der Waals surface area contributed by atoms with Crippen molar-refractivity contribution in [3.8, 4) is 0 Å². The van der Waals surface area contributed by atoms with E-state index in [0.717, 1.165) is 0 Å². The molecule has 0 radical (unpaired) electrons. The van der Waals surface area contributed by atoms with Crippen LogP contribution in [-0.4, -0.2) is 9.97 Å². The number of aromatic amines is 1. The van der Waals surface area contributed by atoms with Crippen molar-refractivity contribution in [2.24, 2.45) is 0 Å². The van der Waals surface area contributed by atoms with E-state index in [1.165, 1.54) is 0 Å². The second-order valence-corrected chi connectivity index (χ2v) is 2.90. The van der Waals surface area contributed by atoms with Crippen LogP contribution in [0.25, 0.3) is 0 Å². The third kappa shape index (κ3) is 1.39. The van der Waals surface area contributed by atoms with E-state index in [0.29, 0.717) is 5.82 Å². The zero-order valence-electron chi connectivity index (χ0n) is 7.09. The number of H-pyrrole nitrogens is 1. The Balaban J connectivity index is 3.31. The van der Waals surface area contributed by atoms with E-state index in [1.807, 2.05) is 13.8 Å².